The average molecular weight is 425 g/mol. The first-order chi connectivity index (χ1) is 13.1. The fraction of sp³-hybridized carbons (Fsp3) is 0.474. The second-order valence-electron chi connectivity index (χ2n) is 7.17. The van der Waals surface area contributed by atoms with Gasteiger partial charge >= 0.3 is 0 Å². The first-order valence-electron chi connectivity index (χ1n) is 8.91. The third kappa shape index (κ3) is 6.23. The van der Waals surface area contributed by atoms with E-state index < -0.39 is 15.7 Å². The van der Waals surface area contributed by atoms with Gasteiger partial charge < -0.3 is 15.1 Å². The van der Waals surface area contributed by atoms with Crippen LogP contribution in [0.4, 0.5) is 5.69 Å². The Labute approximate surface area is 171 Å². The number of carbonyl (C=O) groups excluding carboxylic acids is 1. The highest BCUT2D eigenvalue weighted by Gasteiger charge is 2.31. The van der Waals surface area contributed by atoms with Gasteiger partial charge in [0.05, 0.1) is 11.5 Å². The van der Waals surface area contributed by atoms with Crippen LogP contribution in [0.25, 0.3) is 0 Å². The molecule has 1 heterocycles. The van der Waals surface area contributed by atoms with Gasteiger partial charge in [0.15, 0.2) is 9.84 Å². The van der Waals surface area contributed by atoms with Crippen LogP contribution in [-0.4, -0.2) is 68.9 Å². The van der Waals surface area contributed by atoms with Crippen molar-refractivity contribution >= 4 is 33.0 Å². The molecule has 2 rings (SSSR count). The number of anilines is 1. The van der Waals surface area contributed by atoms with E-state index in [-0.39, 0.29) is 23.1 Å². The maximum absolute atomic E-state index is 12.6. The molecular formula is C19H25ClN4O3S. The SMILES string of the molecule is Cc1ccc(Cl)cc1NC(=O)/C(C#N)=C\N(CCN(C)C)C1CCS(=O)(=O)C1. The molecule has 1 saturated heterocycles. The Kier molecular flexibility index (Phi) is 7.47. The molecule has 9 heteroatoms. The van der Waals surface area contributed by atoms with Crippen LogP contribution in [0.3, 0.4) is 0 Å². The number of rotatable bonds is 7. The van der Waals surface area contributed by atoms with E-state index in [0.29, 0.717) is 30.2 Å². The van der Waals surface area contributed by atoms with Crippen LogP contribution in [-0.2, 0) is 14.6 Å². The molecule has 152 valence electrons. The van der Waals surface area contributed by atoms with Crippen molar-refractivity contribution in [3.05, 3.63) is 40.6 Å². The number of sulfone groups is 1. The first kappa shape index (κ1) is 22.2. The van der Waals surface area contributed by atoms with E-state index in [1.807, 2.05) is 32.0 Å². The Morgan fingerprint density at radius 2 is 2.11 bits per heavy atom. The van der Waals surface area contributed by atoms with Crippen LogP contribution in [0.1, 0.15) is 12.0 Å². The summed E-state index contributed by atoms with van der Waals surface area (Å²) in [6, 6.07) is 6.81. The molecular weight excluding hydrogens is 400 g/mol. The summed E-state index contributed by atoms with van der Waals surface area (Å²) < 4.78 is 23.7. The average Bonchev–Trinajstić information content (AvgIpc) is 2.97. The molecule has 7 nitrogen and oxygen atoms in total. The third-order valence-corrected chi connectivity index (χ3v) is 6.58. The molecule has 1 aromatic carbocycles. The molecule has 28 heavy (non-hydrogen) atoms. The Hall–Kier alpha value is -2.08. The Morgan fingerprint density at radius 1 is 1.39 bits per heavy atom. The normalized spacial score (nSPS) is 18.7. The van der Waals surface area contributed by atoms with E-state index in [9.17, 15) is 18.5 Å². The topological polar surface area (TPSA) is 93.5 Å². The quantitative estimate of drug-likeness (QED) is 0.531. The summed E-state index contributed by atoms with van der Waals surface area (Å²) in [5.74, 6) is -0.395. The molecule has 1 atom stereocenters. The highest BCUT2D eigenvalue weighted by atomic mass is 35.5. The van der Waals surface area contributed by atoms with Crippen molar-refractivity contribution < 1.29 is 13.2 Å². The summed E-state index contributed by atoms with van der Waals surface area (Å²) in [6.45, 7) is 3.01. The predicted octanol–water partition coefficient (Wildman–Crippen LogP) is 2.05. The standard InChI is InChI=1S/C19H25ClN4O3S/c1-14-4-5-16(20)10-18(14)22-19(25)15(11-21)12-24(8-7-23(2)3)17-6-9-28(26,27)13-17/h4-5,10,12,17H,6-9,13H2,1-3H3,(H,22,25)/b15-12-. The zero-order valence-corrected chi connectivity index (χ0v) is 17.8. The van der Waals surface area contributed by atoms with Crippen molar-refractivity contribution in [1.82, 2.24) is 9.80 Å². The fourth-order valence-corrected chi connectivity index (χ4v) is 4.84. The van der Waals surface area contributed by atoms with Crippen LogP contribution < -0.4 is 5.32 Å². The van der Waals surface area contributed by atoms with E-state index in [2.05, 4.69) is 5.32 Å². The van der Waals surface area contributed by atoms with E-state index in [1.165, 1.54) is 6.20 Å². The molecule has 1 unspecified atom stereocenters. The van der Waals surface area contributed by atoms with Gasteiger partial charge in [-0.2, -0.15) is 5.26 Å². The lowest BCUT2D eigenvalue weighted by Gasteiger charge is -2.28. The first-order valence-corrected chi connectivity index (χ1v) is 11.1. The number of hydrogen-bond acceptors (Lipinski definition) is 6. The molecule has 0 aromatic heterocycles. The van der Waals surface area contributed by atoms with Crippen LogP contribution in [0.5, 0.6) is 0 Å². The molecule has 1 aliphatic heterocycles. The molecule has 1 aromatic rings. The fourth-order valence-electron chi connectivity index (χ4n) is 2.93. The largest absolute Gasteiger partial charge is 0.371 e. The minimum atomic E-state index is -3.08. The Balaban J connectivity index is 2.24. The van der Waals surface area contributed by atoms with Crippen molar-refractivity contribution in [2.75, 3.05) is 44.0 Å². The Bertz CT molecular complexity index is 906. The van der Waals surface area contributed by atoms with Crippen LogP contribution >= 0.6 is 11.6 Å². The number of hydrogen-bond donors (Lipinski definition) is 1. The lowest BCUT2D eigenvalue weighted by Crippen LogP contribution is -2.37. The summed E-state index contributed by atoms with van der Waals surface area (Å²) >= 11 is 5.98. The monoisotopic (exact) mass is 424 g/mol. The summed E-state index contributed by atoms with van der Waals surface area (Å²) in [5.41, 5.74) is 1.27. The maximum Gasteiger partial charge on any atom is 0.267 e. The number of nitriles is 1. The number of nitrogens with zero attached hydrogens (tertiary/aromatic N) is 3. The highest BCUT2D eigenvalue weighted by molar-refractivity contribution is 7.91. The van der Waals surface area contributed by atoms with Gasteiger partial charge in [-0.15, -0.1) is 0 Å². The number of aryl methyl sites for hydroxylation is 1. The van der Waals surface area contributed by atoms with Crippen LogP contribution in [0, 0.1) is 18.3 Å². The van der Waals surface area contributed by atoms with E-state index in [4.69, 9.17) is 11.6 Å². The molecule has 1 aliphatic rings. The summed E-state index contributed by atoms with van der Waals surface area (Å²) in [5, 5.41) is 12.7. The van der Waals surface area contributed by atoms with Gasteiger partial charge in [0.2, 0.25) is 0 Å². The van der Waals surface area contributed by atoms with Gasteiger partial charge in [-0.05, 0) is 45.1 Å². The zero-order valence-electron chi connectivity index (χ0n) is 16.3. The van der Waals surface area contributed by atoms with Gasteiger partial charge in [0.1, 0.15) is 11.6 Å². The van der Waals surface area contributed by atoms with Gasteiger partial charge in [0.25, 0.3) is 5.91 Å². The van der Waals surface area contributed by atoms with E-state index in [1.54, 1.807) is 23.1 Å². The number of carbonyl (C=O) groups is 1. The molecule has 0 bridgehead atoms. The smallest absolute Gasteiger partial charge is 0.267 e. The van der Waals surface area contributed by atoms with Crippen LogP contribution in [0.15, 0.2) is 30.0 Å². The van der Waals surface area contributed by atoms with Crippen molar-refractivity contribution in [2.45, 2.75) is 19.4 Å². The van der Waals surface area contributed by atoms with Gasteiger partial charge in [-0.25, -0.2) is 8.42 Å². The summed E-state index contributed by atoms with van der Waals surface area (Å²) in [7, 11) is 0.736. The predicted molar refractivity (Wildman–Crippen MR) is 111 cm³/mol. The summed E-state index contributed by atoms with van der Waals surface area (Å²) in [4.78, 5) is 16.4. The molecule has 0 radical (unpaired) electrons. The minimum Gasteiger partial charge on any atom is -0.371 e. The number of halogens is 1. The number of likely N-dealkylation sites (N-methyl/N-ethyl adjacent to an activating group) is 1. The highest BCUT2D eigenvalue weighted by Crippen LogP contribution is 2.22. The molecule has 0 spiro atoms. The molecule has 1 fully saturated rings. The van der Waals surface area contributed by atoms with E-state index in [0.717, 1.165) is 5.56 Å². The number of nitrogens with one attached hydrogen (secondary N) is 1. The lowest BCUT2D eigenvalue weighted by atomic mass is 10.1. The minimum absolute atomic E-state index is 0.0324. The number of amides is 1. The van der Waals surface area contributed by atoms with Gasteiger partial charge in [-0.1, -0.05) is 17.7 Å². The second kappa shape index (κ2) is 9.41. The van der Waals surface area contributed by atoms with Crippen LogP contribution in [0.2, 0.25) is 5.02 Å². The van der Waals surface area contributed by atoms with Gasteiger partial charge in [-0.3, -0.25) is 4.79 Å². The maximum atomic E-state index is 12.6. The molecule has 0 saturated carbocycles. The van der Waals surface area contributed by atoms with Crippen molar-refractivity contribution in [3.8, 4) is 6.07 Å². The summed E-state index contributed by atoms with van der Waals surface area (Å²) in [6.07, 6.45) is 1.96. The number of benzene rings is 1. The van der Waals surface area contributed by atoms with Crippen molar-refractivity contribution in [2.24, 2.45) is 0 Å². The van der Waals surface area contributed by atoms with E-state index >= 15 is 0 Å². The Morgan fingerprint density at radius 3 is 2.68 bits per heavy atom. The zero-order chi connectivity index (χ0) is 20.9. The van der Waals surface area contributed by atoms with Gasteiger partial charge in [0, 0.05) is 36.0 Å². The van der Waals surface area contributed by atoms with Crippen molar-refractivity contribution in [1.29, 1.82) is 5.26 Å². The lowest BCUT2D eigenvalue weighted by molar-refractivity contribution is -0.112. The van der Waals surface area contributed by atoms with Crippen molar-refractivity contribution in [3.63, 3.8) is 0 Å². The molecule has 1 amide bonds. The molecule has 1 N–H and O–H groups in total. The third-order valence-electron chi connectivity index (χ3n) is 4.59. The molecule has 0 aliphatic carbocycles. The second-order valence-corrected chi connectivity index (χ2v) is 9.83.